The molecule has 0 bridgehead atoms. The highest BCUT2D eigenvalue weighted by atomic mass is 16.7. The maximum atomic E-state index is 9.92. The van der Waals surface area contributed by atoms with Gasteiger partial charge in [-0.1, -0.05) is 6.58 Å². The minimum atomic E-state index is 0.0426. The van der Waals surface area contributed by atoms with Crippen LogP contribution in [0, 0.1) is 0 Å². The Balaban J connectivity index is 3.01. The number of rotatable bonds is 7. The molecule has 0 aromatic heterocycles. The first-order valence-corrected chi connectivity index (χ1v) is 3.15. The lowest BCUT2D eigenvalue weighted by Gasteiger charge is -2.04. The number of allylic oxidation sites excluding steroid dienone is 1. The summed E-state index contributed by atoms with van der Waals surface area (Å²) in [7, 11) is 1.58. The maximum Gasteiger partial charge on any atom is 0.189 e. The van der Waals surface area contributed by atoms with E-state index in [9.17, 15) is 4.79 Å². The van der Waals surface area contributed by atoms with Gasteiger partial charge >= 0.3 is 0 Å². The van der Waals surface area contributed by atoms with Gasteiger partial charge in [-0.3, -0.25) is 4.79 Å². The summed E-state index contributed by atoms with van der Waals surface area (Å²) in [5.74, 6) is 0.0717. The van der Waals surface area contributed by atoms with Gasteiger partial charge in [0, 0.05) is 7.11 Å². The van der Waals surface area contributed by atoms with Gasteiger partial charge in [-0.05, 0) is 0 Å². The van der Waals surface area contributed by atoms with Crippen molar-refractivity contribution in [1.82, 2.24) is 0 Å². The largest absolute Gasteiger partial charge is 0.465 e. The van der Waals surface area contributed by atoms with Gasteiger partial charge in [-0.2, -0.15) is 0 Å². The molecule has 0 radical (unpaired) electrons. The van der Waals surface area contributed by atoms with Gasteiger partial charge in [-0.15, -0.1) is 0 Å². The Morgan fingerprint density at radius 3 is 2.82 bits per heavy atom. The van der Waals surface area contributed by atoms with Crippen LogP contribution in [-0.2, 0) is 19.0 Å². The van der Waals surface area contributed by atoms with Crippen LogP contribution in [0.1, 0.15) is 0 Å². The van der Waals surface area contributed by atoms with Gasteiger partial charge in [0.2, 0.25) is 0 Å². The highest BCUT2D eigenvalue weighted by Gasteiger charge is 1.90. The molecule has 0 aromatic rings. The predicted octanol–water partition coefficient (Wildman–Crippen LogP) is 0.336. The zero-order chi connectivity index (χ0) is 8.53. The second-order valence-electron chi connectivity index (χ2n) is 1.75. The van der Waals surface area contributed by atoms with E-state index in [4.69, 9.17) is 14.2 Å². The number of hydrogen-bond donors (Lipinski definition) is 0. The molecule has 64 valence electrons. The number of aldehydes is 1. The molecule has 0 saturated carbocycles. The van der Waals surface area contributed by atoms with E-state index in [1.54, 1.807) is 7.11 Å². The molecule has 0 unspecified atom stereocenters. The van der Waals surface area contributed by atoms with Gasteiger partial charge in [-0.25, -0.2) is 0 Å². The monoisotopic (exact) mass is 160 g/mol. The van der Waals surface area contributed by atoms with Gasteiger partial charge in [0.25, 0.3) is 0 Å². The number of ether oxygens (including phenoxy) is 3. The maximum absolute atomic E-state index is 9.92. The van der Waals surface area contributed by atoms with Crippen LogP contribution in [0.4, 0.5) is 0 Å². The van der Waals surface area contributed by atoms with E-state index < -0.39 is 0 Å². The first-order chi connectivity index (χ1) is 5.31. The van der Waals surface area contributed by atoms with Crippen molar-refractivity contribution in [3.8, 4) is 0 Å². The van der Waals surface area contributed by atoms with Crippen LogP contribution in [0.3, 0.4) is 0 Å². The minimum absolute atomic E-state index is 0.0426. The van der Waals surface area contributed by atoms with Crippen molar-refractivity contribution < 1.29 is 19.0 Å². The fourth-order valence-corrected chi connectivity index (χ4v) is 0.353. The number of methoxy groups -OCH3 is 1. The van der Waals surface area contributed by atoms with Crippen molar-refractivity contribution >= 4 is 6.29 Å². The molecule has 0 fully saturated rings. The van der Waals surface area contributed by atoms with Crippen molar-refractivity contribution in [1.29, 1.82) is 0 Å². The summed E-state index contributed by atoms with van der Waals surface area (Å²) in [6, 6.07) is 0. The number of carbonyl (C=O) groups excluding carboxylic acids is 1. The zero-order valence-corrected chi connectivity index (χ0v) is 6.54. The highest BCUT2D eigenvalue weighted by molar-refractivity contribution is 5.68. The standard InChI is InChI=1S/C7H12O4/c1-7(5-8)11-6-10-4-3-9-2/h5H,1,3-4,6H2,2H3. The van der Waals surface area contributed by atoms with Gasteiger partial charge in [0.1, 0.15) is 0 Å². The molecule has 4 nitrogen and oxygen atoms in total. The quantitative estimate of drug-likeness (QED) is 0.177. The van der Waals surface area contributed by atoms with E-state index in [1.807, 2.05) is 0 Å². The lowest BCUT2D eigenvalue weighted by Crippen LogP contribution is -2.05. The molecular formula is C7H12O4. The Kier molecular flexibility index (Phi) is 6.67. The summed E-state index contributed by atoms with van der Waals surface area (Å²) in [6.07, 6.45) is 0.527. The van der Waals surface area contributed by atoms with Gasteiger partial charge < -0.3 is 14.2 Å². The molecule has 4 heteroatoms. The molecule has 0 spiro atoms. The topological polar surface area (TPSA) is 44.8 Å². The van der Waals surface area contributed by atoms with Crippen LogP contribution in [0.5, 0.6) is 0 Å². The van der Waals surface area contributed by atoms with E-state index in [1.165, 1.54) is 0 Å². The summed E-state index contributed by atoms with van der Waals surface area (Å²) in [4.78, 5) is 9.92. The average Bonchev–Trinajstić information content (AvgIpc) is 2.04. The number of hydrogen-bond acceptors (Lipinski definition) is 4. The molecule has 11 heavy (non-hydrogen) atoms. The third-order valence-electron chi connectivity index (χ3n) is 0.891. The van der Waals surface area contributed by atoms with Crippen molar-refractivity contribution in [3.05, 3.63) is 12.3 Å². The van der Waals surface area contributed by atoms with Crippen LogP contribution >= 0.6 is 0 Å². The van der Waals surface area contributed by atoms with E-state index in [0.717, 1.165) is 0 Å². The van der Waals surface area contributed by atoms with Crippen molar-refractivity contribution in [2.24, 2.45) is 0 Å². The summed E-state index contributed by atoms with van der Waals surface area (Å²) in [5.41, 5.74) is 0. The highest BCUT2D eigenvalue weighted by Crippen LogP contribution is 1.87. The Labute approximate surface area is 65.7 Å². The average molecular weight is 160 g/mol. The van der Waals surface area contributed by atoms with Crippen molar-refractivity contribution in [2.45, 2.75) is 0 Å². The molecule has 0 heterocycles. The molecule has 0 aromatic carbocycles. The molecule has 0 N–H and O–H groups in total. The van der Waals surface area contributed by atoms with E-state index >= 15 is 0 Å². The van der Waals surface area contributed by atoms with Gasteiger partial charge in [0.05, 0.1) is 13.2 Å². The number of carbonyl (C=O) groups is 1. The second kappa shape index (κ2) is 7.24. The van der Waals surface area contributed by atoms with Crippen LogP contribution in [0.25, 0.3) is 0 Å². The molecular weight excluding hydrogens is 148 g/mol. The van der Waals surface area contributed by atoms with Gasteiger partial charge in [0.15, 0.2) is 18.8 Å². The summed E-state index contributed by atoms with van der Waals surface area (Å²) in [5, 5.41) is 0. The molecule has 0 aliphatic heterocycles. The lowest BCUT2D eigenvalue weighted by atomic mass is 10.6. The molecule has 0 atom stereocenters. The van der Waals surface area contributed by atoms with E-state index in [0.29, 0.717) is 19.5 Å². The first-order valence-electron chi connectivity index (χ1n) is 3.15. The van der Waals surface area contributed by atoms with Crippen molar-refractivity contribution in [2.75, 3.05) is 27.1 Å². The van der Waals surface area contributed by atoms with Crippen LogP contribution in [-0.4, -0.2) is 33.4 Å². The molecule has 0 rings (SSSR count). The summed E-state index contributed by atoms with van der Waals surface area (Å²) in [6.45, 7) is 4.29. The van der Waals surface area contributed by atoms with E-state index in [-0.39, 0.29) is 12.6 Å². The Bertz CT molecular complexity index is 122. The van der Waals surface area contributed by atoms with Crippen LogP contribution in [0.2, 0.25) is 0 Å². The summed E-state index contributed by atoms with van der Waals surface area (Å²) < 4.78 is 14.3. The summed E-state index contributed by atoms with van der Waals surface area (Å²) >= 11 is 0. The SMILES string of the molecule is C=C(C=O)OCOCCOC. The third-order valence-corrected chi connectivity index (χ3v) is 0.891. The second-order valence-corrected chi connectivity index (χ2v) is 1.75. The molecule has 0 aliphatic carbocycles. The van der Waals surface area contributed by atoms with E-state index in [2.05, 4.69) is 6.58 Å². The Morgan fingerprint density at radius 2 is 2.27 bits per heavy atom. The molecule has 0 saturated heterocycles. The van der Waals surface area contributed by atoms with Crippen LogP contribution in [0.15, 0.2) is 12.3 Å². The normalized spacial score (nSPS) is 9.18. The minimum Gasteiger partial charge on any atom is -0.465 e. The van der Waals surface area contributed by atoms with Crippen LogP contribution < -0.4 is 0 Å². The first kappa shape index (κ1) is 10.1. The zero-order valence-electron chi connectivity index (χ0n) is 6.54. The third kappa shape index (κ3) is 7.02. The lowest BCUT2D eigenvalue weighted by molar-refractivity contribution is -0.111. The fraction of sp³-hybridized carbons (Fsp3) is 0.571. The molecule has 0 aliphatic rings. The van der Waals surface area contributed by atoms with Crippen molar-refractivity contribution in [3.63, 3.8) is 0 Å². The Hall–Kier alpha value is -0.870. The fourth-order valence-electron chi connectivity index (χ4n) is 0.353. The predicted molar refractivity (Wildman–Crippen MR) is 39.0 cm³/mol. The molecule has 0 amide bonds. The smallest absolute Gasteiger partial charge is 0.189 e. The Morgan fingerprint density at radius 1 is 1.55 bits per heavy atom.